The molecule has 1 unspecified atom stereocenters. The lowest BCUT2D eigenvalue weighted by molar-refractivity contribution is -0.119. The van der Waals surface area contributed by atoms with Gasteiger partial charge in [-0.1, -0.05) is 19.3 Å². The number of nitrogens with zero attached hydrogens (tertiary/aromatic N) is 4. The maximum absolute atomic E-state index is 11.6. The molecule has 1 spiro atoms. The predicted octanol–water partition coefficient (Wildman–Crippen LogP) is 1.81. The molecule has 25 heavy (non-hydrogen) atoms. The van der Waals surface area contributed by atoms with E-state index in [0.29, 0.717) is 29.8 Å². The van der Waals surface area contributed by atoms with Crippen molar-refractivity contribution in [2.24, 2.45) is 5.41 Å². The van der Waals surface area contributed by atoms with E-state index in [1.807, 2.05) is 0 Å². The van der Waals surface area contributed by atoms with Crippen LogP contribution in [0.4, 0.5) is 11.8 Å². The zero-order valence-corrected chi connectivity index (χ0v) is 14.4. The van der Waals surface area contributed by atoms with Gasteiger partial charge in [0.05, 0.1) is 6.20 Å². The fraction of sp³-hybridized carbons (Fsp3) is 0.667. The number of nitrogens with one attached hydrogen (secondary N) is 2. The number of hydrogen-bond donors (Lipinski definition) is 2. The Labute approximate surface area is 147 Å². The van der Waals surface area contributed by atoms with E-state index in [9.17, 15) is 10.1 Å². The summed E-state index contributed by atoms with van der Waals surface area (Å²) in [4.78, 5) is 22.8. The molecule has 7 nitrogen and oxygen atoms in total. The SMILES string of the molecule is N#Cc1cnc(NC2CCCCC2)nc1N1CCC2(CNC(=O)C2)C1. The third-order valence-corrected chi connectivity index (χ3v) is 5.76. The maximum atomic E-state index is 11.6. The fourth-order valence-electron chi connectivity index (χ4n) is 4.35. The third kappa shape index (κ3) is 3.26. The molecular formula is C18H24N6O. The second-order valence-electron chi connectivity index (χ2n) is 7.65. The summed E-state index contributed by atoms with van der Waals surface area (Å²) in [7, 11) is 0. The van der Waals surface area contributed by atoms with Gasteiger partial charge in [0.2, 0.25) is 11.9 Å². The van der Waals surface area contributed by atoms with Gasteiger partial charge in [-0.25, -0.2) is 4.98 Å². The molecule has 1 saturated carbocycles. The first-order chi connectivity index (χ1) is 12.2. The average Bonchev–Trinajstić information content (AvgIpc) is 3.22. The van der Waals surface area contributed by atoms with Crippen LogP contribution < -0.4 is 15.5 Å². The normalized spacial score (nSPS) is 26.7. The van der Waals surface area contributed by atoms with Crippen molar-refractivity contribution in [2.45, 2.75) is 51.0 Å². The highest BCUT2D eigenvalue weighted by atomic mass is 16.1. The Morgan fingerprint density at radius 2 is 2.20 bits per heavy atom. The monoisotopic (exact) mass is 340 g/mol. The number of hydrogen-bond acceptors (Lipinski definition) is 6. The highest BCUT2D eigenvalue weighted by Crippen LogP contribution is 2.39. The van der Waals surface area contributed by atoms with Crippen LogP contribution >= 0.6 is 0 Å². The zero-order chi connectivity index (χ0) is 17.3. The Morgan fingerprint density at radius 3 is 2.92 bits per heavy atom. The summed E-state index contributed by atoms with van der Waals surface area (Å²) in [5.74, 6) is 1.44. The second-order valence-corrected chi connectivity index (χ2v) is 7.65. The van der Waals surface area contributed by atoms with Crippen molar-refractivity contribution in [3.05, 3.63) is 11.8 Å². The number of carbonyl (C=O) groups is 1. The van der Waals surface area contributed by atoms with Gasteiger partial charge in [-0.05, 0) is 19.3 Å². The Balaban J connectivity index is 1.53. The molecule has 1 aliphatic carbocycles. The van der Waals surface area contributed by atoms with Crippen molar-refractivity contribution in [3.63, 3.8) is 0 Å². The van der Waals surface area contributed by atoms with Crippen molar-refractivity contribution in [2.75, 3.05) is 29.9 Å². The minimum atomic E-state index is -0.00821. The third-order valence-electron chi connectivity index (χ3n) is 5.76. The molecule has 1 aromatic rings. The summed E-state index contributed by atoms with van der Waals surface area (Å²) in [6, 6.07) is 2.64. The van der Waals surface area contributed by atoms with Crippen LogP contribution in [0.1, 0.15) is 50.5 Å². The number of anilines is 2. The Morgan fingerprint density at radius 1 is 1.36 bits per heavy atom. The molecule has 3 aliphatic rings. The lowest BCUT2D eigenvalue weighted by Gasteiger charge is -2.25. The van der Waals surface area contributed by atoms with E-state index < -0.39 is 0 Å². The summed E-state index contributed by atoms with van der Waals surface area (Å²) >= 11 is 0. The van der Waals surface area contributed by atoms with Crippen molar-refractivity contribution in [1.29, 1.82) is 5.26 Å². The predicted molar refractivity (Wildman–Crippen MR) is 94.1 cm³/mol. The quantitative estimate of drug-likeness (QED) is 0.871. The molecule has 3 heterocycles. The van der Waals surface area contributed by atoms with Gasteiger partial charge in [-0.2, -0.15) is 10.2 Å². The van der Waals surface area contributed by atoms with E-state index in [1.165, 1.54) is 19.3 Å². The number of rotatable bonds is 3. The van der Waals surface area contributed by atoms with Gasteiger partial charge >= 0.3 is 0 Å². The molecule has 1 aromatic heterocycles. The molecule has 2 aliphatic heterocycles. The molecule has 4 rings (SSSR count). The van der Waals surface area contributed by atoms with Gasteiger partial charge in [0.1, 0.15) is 11.6 Å². The van der Waals surface area contributed by atoms with E-state index in [-0.39, 0.29) is 11.3 Å². The molecule has 132 valence electrons. The number of nitriles is 1. The Bertz CT molecular complexity index is 708. The molecule has 1 amide bonds. The van der Waals surface area contributed by atoms with E-state index >= 15 is 0 Å². The number of aromatic nitrogens is 2. The summed E-state index contributed by atoms with van der Waals surface area (Å²) in [6.07, 6.45) is 9.25. The first-order valence-electron chi connectivity index (χ1n) is 9.23. The molecule has 0 radical (unpaired) electrons. The van der Waals surface area contributed by atoms with Gasteiger partial charge in [0.15, 0.2) is 5.82 Å². The van der Waals surface area contributed by atoms with Crippen LogP contribution in [0.15, 0.2) is 6.20 Å². The van der Waals surface area contributed by atoms with Crippen LogP contribution in [0.3, 0.4) is 0 Å². The topological polar surface area (TPSA) is 93.9 Å². The molecule has 2 N–H and O–H groups in total. The Kier molecular flexibility index (Phi) is 4.20. The summed E-state index contributed by atoms with van der Waals surface area (Å²) in [6.45, 7) is 2.31. The first kappa shape index (κ1) is 16.1. The average molecular weight is 340 g/mol. The highest BCUT2D eigenvalue weighted by molar-refractivity contribution is 5.79. The van der Waals surface area contributed by atoms with Gasteiger partial charge in [0.25, 0.3) is 0 Å². The van der Waals surface area contributed by atoms with Crippen LogP contribution in [0, 0.1) is 16.7 Å². The van der Waals surface area contributed by atoms with Crippen molar-refractivity contribution >= 4 is 17.7 Å². The van der Waals surface area contributed by atoms with E-state index in [4.69, 9.17) is 0 Å². The molecule has 7 heteroatoms. The number of carbonyl (C=O) groups excluding carboxylic acids is 1. The number of amides is 1. The van der Waals surface area contributed by atoms with Gasteiger partial charge in [-0.15, -0.1) is 0 Å². The van der Waals surface area contributed by atoms with Gasteiger partial charge < -0.3 is 15.5 Å². The van der Waals surface area contributed by atoms with Crippen LogP contribution in [0.25, 0.3) is 0 Å². The molecule has 2 saturated heterocycles. The first-order valence-corrected chi connectivity index (χ1v) is 9.23. The van der Waals surface area contributed by atoms with E-state index in [2.05, 4.69) is 31.6 Å². The standard InChI is InChI=1S/C18H24N6O/c19-9-13-10-20-17(22-14-4-2-1-3-5-14)23-16(13)24-7-6-18(12-24)8-15(25)21-11-18/h10,14H,1-8,11-12H2,(H,21,25)(H,20,22,23). The molecular weight excluding hydrogens is 316 g/mol. The Hall–Kier alpha value is -2.36. The van der Waals surface area contributed by atoms with Crippen LogP contribution in [-0.4, -0.2) is 41.6 Å². The highest BCUT2D eigenvalue weighted by Gasteiger charge is 2.44. The summed E-state index contributed by atoms with van der Waals surface area (Å²) in [5, 5.41) is 15.8. The minimum absolute atomic E-state index is 0.00821. The summed E-state index contributed by atoms with van der Waals surface area (Å²) in [5.41, 5.74) is 0.495. The maximum Gasteiger partial charge on any atom is 0.224 e. The molecule has 0 aromatic carbocycles. The zero-order valence-electron chi connectivity index (χ0n) is 14.4. The lowest BCUT2D eigenvalue weighted by Crippen LogP contribution is -2.30. The van der Waals surface area contributed by atoms with E-state index in [1.54, 1.807) is 6.20 Å². The smallest absolute Gasteiger partial charge is 0.224 e. The fourth-order valence-corrected chi connectivity index (χ4v) is 4.35. The van der Waals surface area contributed by atoms with Gasteiger partial charge in [-0.3, -0.25) is 4.79 Å². The van der Waals surface area contributed by atoms with Crippen molar-refractivity contribution in [3.8, 4) is 6.07 Å². The van der Waals surface area contributed by atoms with E-state index in [0.717, 1.165) is 38.9 Å². The second kappa shape index (κ2) is 6.51. The molecule has 1 atom stereocenters. The largest absolute Gasteiger partial charge is 0.355 e. The van der Waals surface area contributed by atoms with Crippen LogP contribution in [0.5, 0.6) is 0 Å². The van der Waals surface area contributed by atoms with Crippen molar-refractivity contribution < 1.29 is 4.79 Å². The van der Waals surface area contributed by atoms with Crippen LogP contribution in [0.2, 0.25) is 0 Å². The van der Waals surface area contributed by atoms with Gasteiger partial charge in [0, 0.05) is 37.5 Å². The lowest BCUT2D eigenvalue weighted by atomic mass is 9.86. The summed E-state index contributed by atoms with van der Waals surface area (Å²) < 4.78 is 0. The van der Waals surface area contributed by atoms with Crippen LogP contribution in [-0.2, 0) is 4.79 Å². The van der Waals surface area contributed by atoms with Crippen molar-refractivity contribution in [1.82, 2.24) is 15.3 Å². The molecule has 3 fully saturated rings. The minimum Gasteiger partial charge on any atom is -0.355 e. The molecule has 0 bridgehead atoms.